The van der Waals surface area contributed by atoms with Crippen molar-refractivity contribution in [1.29, 1.82) is 0 Å². The molecule has 0 saturated carbocycles. The maximum absolute atomic E-state index is 12.4. The molecule has 2 amide bonds. The van der Waals surface area contributed by atoms with Crippen molar-refractivity contribution in [2.24, 2.45) is 0 Å². The number of nitrogens with zero attached hydrogens (tertiary/aromatic N) is 2. The molecular formula is C12H17ClN4O3S. The molecule has 0 bridgehead atoms. The van der Waals surface area contributed by atoms with Crippen molar-refractivity contribution < 1.29 is 13.2 Å². The van der Waals surface area contributed by atoms with Crippen LogP contribution in [-0.2, 0) is 10.0 Å². The van der Waals surface area contributed by atoms with Gasteiger partial charge in [0.25, 0.3) is 0 Å². The van der Waals surface area contributed by atoms with Crippen molar-refractivity contribution in [3.63, 3.8) is 0 Å². The van der Waals surface area contributed by atoms with Crippen molar-refractivity contribution >= 4 is 27.7 Å². The number of pyridine rings is 1. The number of amides is 2. The SMILES string of the molecule is CNC(=O)NC1CCN(S(=O)(=O)c2ccc(Cl)nc2)CC1. The second-order valence-electron chi connectivity index (χ2n) is 4.72. The fraction of sp³-hybridized carbons (Fsp3) is 0.500. The first-order chi connectivity index (χ1) is 9.93. The number of nitrogens with one attached hydrogen (secondary N) is 2. The number of carbonyl (C=O) groups is 1. The summed E-state index contributed by atoms with van der Waals surface area (Å²) in [6.45, 7) is 0.721. The van der Waals surface area contributed by atoms with Crippen molar-refractivity contribution in [1.82, 2.24) is 19.9 Å². The minimum atomic E-state index is -3.55. The Hall–Kier alpha value is -1.38. The predicted octanol–water partition coefficient (Wildman–Crippen LogP) is 0.817. The molecular weight excluding hydrogens is 316 g/mol. The van der Waals surface area contributed by atoms with Crippen LogP contribution in [0.25, 0.3) is 0 Å². The van der Waals surface area contributed by atoms with Gasteiger partial charge in [-0.1, -0.05) is 11.6 Å². The van der Waals surface area contributed by atoms with Crippen LogP contribution < -0.4 is 10.6 Å². The molecule has 0 atom stereocenters. The Morgan fingerprint density at radius 1 is 1.38 bits per heavy atom. The average molecular weight is 333 g/mol. The average Bonchev–Trinajstić information content (AvgIpc) is 2.48. The molecule has 21 heavy (non-hydrogen) atoms. The zero-order chi connectivity index (χ0) is 15.5. The molecule has 1 saturated heterocycles. The lowest BCUT2D eigenvalue weighted by molar-refractivity contribution is 0.229. The minimum absolute atomic E-state index is 0.0141. The van der Waals surface area contributed by atoms with Gasteiger partial charge in [0.15, 0.2) is 0 Å². The fourth-order valence-corrected chi connectivity index (χ4v) is 3.69. The van der Waals surface area contributed by atoms with Gasteiger partial charge in [-0.05, 0) is 25.0 Å². The summed E-state index contributed by atoms with van der Waals surface area (Å²) in [7, 11) is -2.01. The van der Waals surface area contributed by atoms with E-state index in [2.05, 4.69) is 15.6 Å². The molecule has 0 aliphatic carbocycles. The molecule has 1 aliphatic heterocycles. The van der Waals surface area contributed by atoms with E-state index in [1.807, 2.05) is 0 Å². The Morgan fingerprint density at radius 3 is 2.57 bits per heavy atom. The highest BCUT2D eigenvalue weighted by molar-refractivity contribution is 7.89. The van der Waals surface area contributed by atoms with Crippen LogP contribution in [0.2, 0.25) is 5.15 Å². The van der Waals surface area contributed by atoms with Gasteiger partial charge in [0.2, 0.25) is 10.0 Å². The van der Waals surface area contributed by atoms with Crippen LogP contribution >= 0.6 is 11.6 Å². The van der Waals surface area contributed by atoms with E-state index in [4.69, 9.17) is 11.6 Å². The largest absolute Gasteiger partial charge is 0.341 e. The summed E-state index contributed by atoms with van der Waals surface area (Å²) in [6.07, 6.45) is 2.41. The summed E-state index contributed by atoms with van der Waals surface area (Å²) in [6, 6.07) is 2.63. The molecule has 9 heteroatoms. The van der Waals surface area contributed by atoms with Crippen molar-refractivity contribution in [3.8, 4) is 0 Å². The van der Waals surface area contributed by atoms with Gasteiger partial charge in [-0.25, -0.2) is 18.2 Å². The van der Waals surface area contributed by atoms with E-state index in [1.54, 1.807) is 7.05 Å². The standard InChI is InChI=1S/C12H17ClN4O3S/c1-14-12(18)16-9-4-6-17(7-5-9)21(19,20)10-2-3-11(13)15-8-10/h2-3,8-9H,4-7H2,1H3,(H2,14,16,18). The summed E-state index contributed by atoms with van der Waals surface area (Å²) < 4.78 is 26.3. The molecule has 0 unspecified atom stereocenters. The molecule has 1 aromatic heterocycles. The number of hydrogen-bond donors (Lipinski definition) is 2. The zero-order valence-electron chi connectivity index (χ0n) is 11.5. The molecule has 2 N–H and O–H groups in total. The number of piperidine rings is 1. The number of carbonyl (C=O) groups excluding carboxylic acids is 1. The molecule has 1 aromatic rings. The van der Waals surface area contributed by atoms with Crippen LogP contribution in [0.1, 0.15) is 12.8 Å². The molecule has 2 rings (SSSR count). The number of aromatic nitrogens is 1. The molecule has 116 valence electrons. The van der Waals surface area contributed by atoms with Crippen molar-refractivity contribution in [3.05, 3.63) is 23.5 Å². The summed E-state index contributed by atoms with van der Waals surface area (Å²) in [4.78, 5) is 15.2. The Balaban J connectivity index is 2.01. The van der Waals surface area contributed by atoms with Crippen LogP contribution in [0.15, 0.2) is 23.2 Å². The van der Waals surface area contributed by atoms with Gasteiger partial charge in [0.05, 0.1) is 0 Å². The fourth-order valence-electron chi connectivity index (χ4n) is 2.16. The quantitative estimate of drug-likeness (QED) is 0.802. The molecule has 2 heterocycles. The van der Waals surface area contributed by atoms with Gasteiger partial charge in [0.1, 0.15) is 10.0 Å². The first-order valence-electron chi connectivity index (χ1n) is 6.53. The van der Waals surface area contributed by atoms with E-state index >= 15 is 0 Å². The van der Waals surface area contributed by atoms with Gasteiger partial charge in [-0.15, -0.1) is 0 Å². The number of sulfonamides is 1. The highest BCUT2D eigenvalue weighted by Gasteiger charge is 2.30. The molecule has 1 fully saturated rings. The maximum atomic E-state index is 12.4. The van der Waals surface area contributed by atoms with Crippen LogP contribution in [0.4, 0.5) is 4.79 Å². The maximum Gasteiger partial charge on any atom is 0.314 e. The van der Waals surface area contributed by atoms with E-state index in [0.29, 0.717) is 25.9 Å². The van der Waals surface area contributed by atoms with E-state index in [-0.39, 0.29) is 22.1 Å². The summed E-state index contributed by atoms with van der Waals surface area (Å²) in [5, 5.41) is 5.52. The third-order valence-electron chi connectivity index (χ3n) is 3.35. The second kappa shape index (κ2) is 6.59. The normalized spacial score (nSPS) is 17.4. The zero-order valence-corrected chi connectivity index (χ0v) is 13.1. The minimum Gasteiger partial charge on any atom is -0.341 e. The summed E-state index contributed by atoms with van der Waals surface area (Å²) in [5.74, 6) is 0. The number of hydrogen-bond acceptors (Lipinski definition) is 4. The lowest BCUT2D eigenvalue weighted by Gasteiger charge is -2.31. The topological polar surface area (TPSA) is 91.4 Å². The van der Waals surface area contributed by atoms with Crippen LogP contribution in [0, 0.1) is 0 Å². The molecule has 7 nitrogen and oxygen atoms in total. The monoisotopic (exact) mass is 332 g/mol. The highest BCUT2D eigenvalue weighted by atomic mass is 35.5. The van der Waals surface area contributed by atoms with Gasteiger partial charge < -0.3 is 10.6 Å². The predicted molar refractivity (Wildman–Crippen MR) is 78.6 cm³/mol. The van der Waals surface area contributed by atoms with Crippen LogP contribution in [0.3, 0.4) is 0 Å². The highest BCUT2D eigenvalue weighted by Crippen LogP contribution is 2.21. The van der Waals surface area contributed by atoms with E-state index in [0.717, 1.165) is 0 Å². The van der Waals surface area contributed by atoms with Gasteiger partial charge in [-0.2, -0.15) is 4.31 Å². The number of halogens is 1. The van der Waals surface area contributed by atoms with E-state index < -0.39 is 10.0 Å². The summed E-state index contributed by atoms with van der Waals surface area (Å²) in [5.41, 5.74) is 0. The molecule has 0 aromatic carbocycles. The van der Waals surface area contributed by atoms with Gasteiger partial charge in [0, 0.05) is 32.4 Å². The smallest absolute Gasteiger partial charge is 0.314 e. The van der Waals surface area contributed by atoms with Crippen LogP contribution in [-0.4, -0.2) is 49.9 Å². The Labute approximate surface area is 128 Å². The first kappa shape index (κ1) is 16.0. The molecule has 0 radical (unpaired) electrons. The van der Waals surface area contributed by atoms with E-state index in [1.165, 1.54) is 22.6 Å². The summed E-state index contributed by atoms with van der Waals surface area (Å²) >= 11 is 5.66. The molecule has 1 aliphatic rings. The second-order valence-corrected chi connectivity index (χ2v) is 7.04. The van der Waals surface area contributed by atoms with Crippen molar-refractivity contribution in [2.45, 2.75) is 23.8 Å². The number of urea groups is 1. The van der Waals surface area contributed by atoms with Crippen molar-refractivity contribution in [2.75, 3.05) is 20.1 Å². The lowest BCUT2D eigenvalue weighted by atomic mass is 10.1. The number of rotatable bonds is 3. The van der Waals surface area contributed by atoms with Crippen LogP contribution in [0.5, 0.6) is 0 Å². The Morgan fingerprint density at radius 2 is 2.05 bits per heavy atom. The third-order valence-corrected chi connectivity index (χ3v) is 5.46. The third kappa shape index (κ3) is 3.84. The van der Waals surface area contributed by atoms with Gasteiger partial charge in [-0.3, -0.25) is 0 Å². The Kier molecular flexibility index (Phi) is 5.02. The Bertz CT molecular complexity index is 597. The van der Waals surface area contributed by atoms with Gasteiger partial charge >= 0.3 is 6.03 Å². The lowest BCUT2D eigenvalue weighted by Crippen LogP contribution is -2.48. The molecule has 0 spiro atoms. The van der Waals surface area contributed by atoms with E-state index in [9.17, 15) is 13.2 Å². The first-order valence-corrected chi connectivity index (χ1v) is 8.35.